The molecule has 1 aliphatic carbocycles. The van der Waals surface area contributed by atoms with Gasteiger partial charge in [0.2, 0.25) is 5.91 Å². The first-order valence-electron chi connectivity index (χ1n) is 5.87. The van der Waals surface area contributed by atoms with Crippen LogP contribution in [0.4, 0.5) is 0 Å². The van der Waals surface area contributed by atoms with Crippen molar-refractivity contribution < 1.29 is 4.79 Å². The van der Waals surface area contributed by atoms with Gasteiger partial charge in [-0.3, -0.25) is 4.79 Å². The monoisotopic (exact) mass is 230 g/mol. The second-order valence-corrected chi connectivity index (χ2v) is 4.81. The smallest absolute Gasteiger partial charge is 0.225 e. The summed E-state index contributed by atoms with van der Waals surface area (Å²) in [5.41, 5.74) is 8.94. The predicted octanol–water partition coefficient (Wildman–Crippen LogP) is 1.34. The third-order valence-corrected chi connectivity index (χ3v) is 3.04. The van der Waals surface area contributed by atoms with E-state index in [1.54, 1.807) is 0 Å². The highest BCUT2D eigenvalue weighted by molar-refractivity contribution is 5.84. The number of benzene rings is 1. The Bertz CT molecular complexity index is 426. The number of fused-ring (bicyclic) bond motifs is 1. The lowest BCUT2D eigenvalue weighted by Gasteiger charge is -2.23. The molecule has 2 radical (unpaired) electrons. The van der Waals surface area contributed by atoms with Crippen molar-refractivity contribution in [3.05, 3.63) is 41.3 Å². The predicted molar refractivity (Wildman–Crippen MR) is 67.3 cm³/mol. The zero-order chi connectivity index (χ0) is 12.4. The molecule has 1 amide bonds. The Balaban J connectivity index is 2.29. The van der Waals surface area contributed by atoms with Gasteiger partial charge in [-0.05, 0) is 43.6 Å². The number of aryl methyl sites for hydroxylation is 1. The molecular formula is C14H18N2O. The van der Waals surface area contributed by atoms with E-state index in [4.69, 9.17) is 5.73 Å². The fraction of sp³-hybridized carbons (Fsp3) is 0.429. The summed E-state index contributed by atoms with van der Waals surface area (Å²) in [6.45, 7) is 0.919. The molecule has 1 atom stereocenters. The van der Waals surface area contributed by atoms with E-state index in [1.807, 2.05) is 20.2 Å². The lowest BCUT2D eigenvalue weighted by atomic mass is 9.81. The summed E-state index contributed by atoms with van der Waals surface area (Å²) in [6.07, 6.45) is 4.92. The maximum atomic E-state index is 11.3. The van der Waals surface area contributed by atoms with Crippen LogP contribution in [0.1, 0.15) is 29.0 Å². The van der Waals surface area contributed by atoms with Gasteiger partial charge >= 0.3 is 0 Å². The number of carbonyl (C=O) groups excluding carboxylic acids is 1. The highest BCUT2D eigenvalue weighted by Gasteiger charge is 2.25. The minimum atomic E-state index is -0.327. The van der Waals surface area contributed by atoms with Crippen LogP contribution in [0.3, 0.4) is 0 Å². The topological polar surface area (TPSA) is 46.3 Å². The second-order valence-electron chi connectivity index (χ2n) is 4.81. The summed E-state index contributed by atoms with van der Waals surface area (Å²) in [6, 6.07) is 6.28. The van der Waals surface area contributed by atoms with Crippen molar-refractivity contribution in [3.63, 3.8) is 0 Å². The van der Waals surface area contributed by atoms with Crippen LogP contribution in [-0.2, 0) is 17.8 Å². The molecule has 0 aromatic heterocycles. The van der Waals surface area contributed by atoms with Crippen molar-refractivity contribution in [1.82, 2.24) is 4.90 Å². The first kappa shape index (κ1) is 12.1. The van der Waals surface area contributed by atoms with E-state index in [9.17, 15) is 4.79 Å². The SMILES string of the molecule is CN(C)Cc1ccc2c(c1)CC[C]C2C(N)=O. The number of primary amides is 1. The van der Waals surface area contributed by atoms with E-state index in [0.717, 1.165) is 24.9 Å². The summed E-state index contributed by atoms with van der Waals surface area (Å²) in [4.78, 5) is 13.5. The van der Waals surface area contributed by atoms with Gasteiger partial charge in [-0.15, -0.1) is 0 Å². The molecule has 1 aliphatic rings. The van der Waals surface area contributed by atoms with E-state index in [2.05, 4.69) is 23.5 Å². The number of nitrogens with zero attached hydrogens (tertiary/aromatic N) is 1. The Morgan fingerprint density at radius 3 is 2.94 bits per heavy atom. The molecule has 0 saturated heterocycles. The van der Waals surface area contributed by atoms with Crippen LogP contribution < -0.4 is 5.73 Å². The normalized spacial score (nSPS) is 19.1. The maximum absolute atomic E-state index is 11.3. The van der Waals surface area contributed by atoms with Crippen molar-refractivity contribution in [2.75, 3.05) is 14.1 Å². The molecule has 1 unspecified atom stereocenters. The van der Waals surface area contributed by atoms with Crippen molar-refractivity contribution in [2.24, 2.45) is 5.73 Å². The second kappa shape index (κ2) is 4.88. The van der Waals surface area contributed by atoms with Crippen molar-refractivity contribution in [1.29, 1.82) is 0 Å². The van der Waals surface area contributed by atoms with Crippen LogP contribution in [0.5, 0.6) is 0 Å². The average Bonchev–Trinajstić information content (AvgIpc) is 2.26. The Morgan fingerprint density at radius 2 is 2.29 bits per heavy atom. The summed E-state index contributed by atoms with van der Waals surface area (Å²) in [5.74, 6) is -0.626. The first-order chi connectivity index (χ1) is 8.08. The number of nitrogens with two attached hydrogens (primary N) is 1. The molecule has 1 aromatic rings. The van der Waals surface area contributed by atoms with E-state index in [1.165, 1.54) is 11.1 Å². The zero-order valence-corrected chi connectivity index (χ0v) is 10.4. The molecule has 17 heavy (non-hydrogen) atoms. The molecule has 0 heterocycles. The first-order valence-corrected chi connectivity index (χ1v) is 5.87. The maximum Gasteiger partial charge on any atom is 0.225 e. The highest BCUT2D eigenvalue weighted by atomic mass is 16.1. The lowest BCUT2D eigenvalue weighted by Crippen LogP contribution is -2.25. The number of hydrogen-bond donors (Lipinski definition) is 1. The Labute approximate surface area is 103 Å². The van der Waals surface area contributed by atoms with Crippen molar-refractivity contribution in [3.8, 4) is 0 Å². The van der Waals surface area contributed by atoms with Gasteiger partial charge in [0.1, 0.15) is 0 Å². The van der Waals surface area contributed by atoms with Gasteiger partial charge in [-0.25, -0.2) is 0 Å². The van der Waals surface area contributed by atoms with Crippen LogP contribution in [0.15, 0.2) is 18.2 Å². The van der Waals surface area contributed by atoms with Gasteiger partial charge in [0.15, 0.2) is 0 Å². The van der Waals surface area contributed by atoms with Crippen molar-refractivity contribution >= 4 is 5.91 Å². The molecule has 0 saturated carbocycles. The van der Waals surface area contributed by atoms with E-state index < -0.39 is 0 Å². The molecule has 90 valence electrons. The summed E-state index contributed by atoms with van der Waals surface area (Å²) < 4.78 is 0. The van der Waals surface area contributed by atoms with Gasteiger partial charge < -0.3 is 10.6 Å². The Morgan fingerprint density at radius 1 is 1.53 bits per heavy atom. The van der Waals surface area contributed by atoms with Crippen LogP contribution >= 0.6 is 0 Å². The fourth-order valence-electron chi connectivity index (χ4n) is 2.34. The molecule has 0 spiro atoms. The zero-order valence-electron chi connectivity index (χ0n) is 10.4. The van der Waals surface area contributed by atoms with E-state index >= 15 is 0 Å². The Kier molecular flexibility index (Phi) is 3.48. The van der Waals surface area contributed by atoms with Crippen LogP contribution in [-0.4, -0.2) is 24.9 Å². The summed E-state index contributed by atoms with van der Waals surface area (Å²) in [7, 11) is 4.10. The number of hydrogen-bond acceptors (Lipinski definition) is 2. The quantitative estimate of drug-likeness (QED) is 0.852. The number of rotatable bonds is 3. The van der Waals surface area contributed by atoms with Gasteiger partial charge in [0.25, 0.3) is 0 Å². The highest BCUT2D eigenvalue weighted by Crippen LogP contribution is 2.31. The van der Waals surface area contributed by atoms with Crippen LogP contribution in [0, 0.1) is 6.42 Å². The Hall–Kier alpha value is -1.35. The molecule has 2 rings (SSSR count). The van der Waals surface area contributed by atoms with Crippen LogP contribution in [0.2, 0.25) is 0 Å². The third-order valence-electron chi connectivity index (χ3n) is 3.04. The fourth-order valence-corrected chi connectivity index (χ4v) is 2.34. The minimum Gasteiger partial charge on any atom is -0.369 e. The molecule has 0 bridgehead atoms. The molecule has 0 aliphatic heterocycles. The largest absolute Gasteiger partial charge is 0.369 e. The summed E-state index contributed by atoms with van der Waals surface area (Å²) >= 11 is 0. The lowest BCUT2D eigenvalue weighted by molar-refractivity contribution is -0.118. The van der Waals surface area contributed by atoms with Gasteiger partial charge in [0, 0.05) is 13.0 Å². The van der Waals surface area contributed by atoms with Gasteiger partial charge in [-0.1, -0.05) is 18.2 Å². The summed E-state index contributed by atoms with van der Waals surface area (Å²) in [5, 5.41) is 0. The molecular weight excluding hydrogens is 212 g/mol. The third kappa shape index (κ3) is 2.67. The molecule has 3 nitrogen and oxygen atoms in total. The minimum absolute atomic E-state index is 0.300. The van der Waals surface area contributed by atoms with Gasteiger partial charge in [0.05, 0.1) is 5.92 Å². The molecule has 3 heteroatoms. The number of carbonyl (C=O) groups is 1. The molecule has 2 N–H and O–H groups in total. The molecule has 1 aromatic carbocycles. The average molecular weight is 230 g/mol. The van der Waals surface area contributed by atoms with Crippen LogP contribution in [0.25, 0.3) is 0 Å². The van der Waals surface area contributed by atoms with E-state index in [-0.39, 0.29) is 11.8 Å². The van der Waals surface area contributed by atoms with E-state index in [0.29, 0.717) is 0 Å². The molecule has 0 fully saturated rings. The standard InChI is InChI=1S/C14H18N2O/c1-16(2)9-10-6-7-12-11(8-10)4-3-5-13(12)14(15)17/h6-8,13H,3-4,9H2,1-2H3,(H2,15,17). The van der Waals surface area contributed by atoms with Gasteiger partial charge in [-0.2, -0.15) is 0 Å². The van der Waals surface area contributed by atoms with Crippen molar-refractivity contribution in [2.45, 2.75) is 25.3 Å². The number of amides is 1.